The number of hydrogen-bond acceptors (Lipinski definition) is 4. The van der Waals surface area contributed by atoms with E-state index in [0.717, 1.165) is 27.8 Å². The number of carbonyl (C=O) groups is 1. The van der Waals surface area contributed by atoms with Crippen LogP contribution in [0.25, 0.3) is 10.8 Å². The van der Waals surface area contributed by atoms with Crippen LogP contribution in [-0.2, 0) is 18.3 Å². The van der Waals surface area contributed by atoms with Gasteiger partial charge in [0.2, 0.25) is 5.91 Å². The zero-order chi connectivity index (χ0) is 22.0. The molecule has 5 nitrogen and oxygen atoms in total. The highest BCUT2D eigenvalue weighted by atomic mass is 32.2. The van der Waals surface area contributed by atoms with E-state index in [2.05, 4.69) is 71.0 Å². The Labute approximate surface area is 186 Å². The van der Waals surface area contributed by atoms with Gasteiger partial charge in [0.25, 0.3) is 0 Å². The lowest BCUT2D eigenvalue weighted by molar-refractivity contribution is -0.113. The molecule has 4 aromatic rings. The highest BCUT2D eigenvalue weighted by Crippen LogP contribution is 2.24. The quantitative estimate of drug-likeness (QED) is 0.426. The summed E-state index contributed by atoms with van der Waals surface area (Å²) in [4.78, 5) is 12.5. The first kappa shape index (κ1) is 21.1. The number of hydrogen-bond donors (Lipinski definition) is 1. The van der Waals surface area contributed by atoms with Crippen molar-refractivity contribution >= 4 is 34.1 Å². The Morgan fingerprint density at radius 3 is 2.48 bits per heavy atom. The first-order chi connectivity index (χ1) is 14.9. The summed E-state index contributed by atoms with van der Waals surface area (Å²) in [6.07, 6.45) is 0.694. The second kappa shape index (κ2) is 8.94. The molecule has 1 heterocycles. The number of benzene rings is 3. The van der Waals surface area contributed by atoms with Gasteiger partial charge >= 0.3 is 0 Å². The van der Waals surface area contributed by atoms with Gasteiger partial charge in [-0.05, 0) is 48.2 Å². The second-order valence-corrected chi connectivity index (χ2v) is 8.83. The molecule has 0 fully saturated rings. The molecule has 0 saturated heterocycles. The number of nitrogens with one attached hydrogen (secondary N) is 1. The smallest absolute Gasteiger partial charge is 0.234 e. The van der Waals surface area contributed by atoms with Gasteiger partial charge in [-0.15, -0.1) is 10.2 Å². The maximum absolute atomic E-state index is 12.5. The molecular weight excluding hydrogens is 404 g/mol. The Morgan fingerprint density at radius 2 is 1.71 bits per heavy atom. The number of aromatic nitrogens is 3. The number of fused-ring (bicyclic) bond motifs is 1. The summed E-state index contributed by atoms with van der Waals surface area (Å²) >= 11 is 1.40. The third-order valence-electron chi connectivity index (χ3n) is 5.43. The highest BCUT2D eigenvalue weighted by molar-refractivity contribution is 7.99. The molecule has 0 unspecified atom stereocenters. The molecule has 4 rings (SSSR count). The summed E-state index contributed by atoms with van der Waals surface area (Å²) in [5.41, 5.74) is 5.46. The van der Waals surface area contributed by atoms with Gasteiger partial charge in [-0.3, -0.25) is 4.79 Å². The fourth-order valence-corrected chi connectivity index (χ4v) is 4.65. The van der Waals surface area contributed by atoms with Crippen molar-refractivity contribution in [3.05, 3.63) is 82.7 Å². The van der Waals surface area contributed by atoms with E-state index in [0.29, 0.717) is 6.42 Å². The molecule has 0 aliphatic heterocycles. The molecule has 0 bridgehead atoms. The number of thioether (sulfide) groups is 1. The van der Waals surface area contributed by atoms with E-state index in [1.165, 1.54) is 33.7 Å². The van der Waals surface area contributed by atoms with Crippen LogP contribution < -0.4 is 5.32 Å². The van der Waals surface area contributed by atoms with Crippen LogP contribution in [0.5, 0.6) is 0 Å². The predicted octanol–water partition coefficient (Wildman–Crippen LogP) is 5.22. The van der Waals surface area contributed by atoms with E-state index in [4.69, 9.17) is 0 Å². The third kappa shape index (κ3) is 4.64. The van der Waals surface area contributed by atoms with E-state index >= 15 is 0 Å². The molecule has 6 heteroatoms. The largest absolute Gasteiger partial charge is 0.325 e. The summed E-state index contributed by atoms with van der Waals surface area (Å²) < 4.78 is 1.97. The summed E-state index contributed by atoms with van der Waals surface area (Å²) in [5, 5.41) is 14.9. The van der Waals surface area contributed by atoms with Gasteiger partial charge in [0.05, 0.1) is 5.75 Å². The molecular formula is C25H26N4OS. The lowest BCUT2D eigenvalue weighted by Gasteiger charge is -2.12. The van der Waals surface area contributed by atoms with Gasteiger partial charge in [0, 0.05) is 19.2 Å². The van der Waals surface area contributed by atoms with Crippen LogP contribution in [0.3, 0.4) is 0 Å². The maximum Gasteiger partial charge on any atom is 0.234 e. The summed E-state index contributed by atoms with van der Waals surface area (Å²) in [6, 6.07) is 18.8. The van der Waals surface area contributed by atoms with Crippen molar-refractivity contribution in [3.8, 4) is 0 Å². The number of rotatable bonds is 6. The fourth-order valence-electron chi connectivity index (χ4n) is 3.92. The average molecular weight is 431 g/mol. The average Bonchev–Trinajstić information content (AvgIpc) is 3.09. The Hall–Kier alpha value is -3.12. The fraction of sp³-hybridized carbons (Fsp3) is 0.240. The Bertz CT molecular complexity index is 1230. The van der Waals surface area contributed by atoms with Crippen molar-refractivity contribution in [2.24, 2.45) is 7.05 Å². The number of amides is 1. The maximum atomic E-state index is 12.5. The Balaban J connectivity index is 1.44. The minimum absolute atomic E-state index is 0.0429. The lowest BCUT2D eigenvalue weighted by Crippen LogP contribution is -2.16. The second-order valence-electron chi connectivity index (χ2n) is 7.88. The van der Waals surface area contributed by atoms with Crippen LogP contribution in [0.15, 0.2) is 59.8 Å². The Morgan fingerprint density at radius 1 is 1.00 bits per heavy atom. The van der Waals surface area contributed by atoms with Crippen molar-refractivity contribution in [2.45, 2.75) is 32.3 Å². The molecule has 0 saturated carbocycles. The Kier molecular flexibility index (Phi) is 6.09. The van der Waals surface area contributed by atoms with Crippen LogP contribution in [0.2, 0.25) is 0 Å². The van der Waals surface area contributed by atoms with Crippen molar-refractivity contribution in [3.63, 3.8) is 0 Å². The molecule has 3 aromatic carbocycles. The van der Waals surface area contributed by atoms with Gasteiger partial charge in [-0.25, -0.2) is 0 Å². The van der Waals surface area contributed by atoms with Crippen LogP contribution >= 0.6 is 11.8 Å². The molecule has 1 aromatic heterocycles. The number of nitrogens with zero attached hydrogens (tertiary/aromatic N) is 3. The van der Waals surface area contributed by atoms with Crippen LogP contribution in [0, 0.1) is 20.8 Å². The van der Waals surface area contributed by atoms with Gasteiger partial charge in [-0.1, -0.05) is 71.9 Å². The zero-order valence-electron chi connectivity index (χ0n) is 18.3. The molecule has 0 aliphatic rings. The van der Waals surface area contributed by atoms with Gasteiger partial charge in [0.1, 0.15) is 5.82 Å². The molecule has 158 valence electrons. The third-order valence-corrected chi connectivity index (χ3v) is 6.45. The summed E-state index contributed by atoms with van der Waals surface area (Å²) in [7, 11) is 1.95. The SMILES string of the molecule is Cc1cc(C)c(NC(=O)CSc2nnc(Cc3cccc4ccccc34)n2C)c(C)c1. The van der Waals surface area contributed by atoms with Gasteiger partial charge in [0.15, 0.2) is 5.16 Å². The molecule has 0 radical (unpaired) electrons. The minimum Gasteiger partial charge on any atom is -0.325 e. The van der Waals surface area contributed by atoms with Crippen LogP contribution in [0.1, 0.15) is 28.1 Å². The summed E-state index contributed by atoms with van der Waals surface area (Å²) in [6.45, 7) is 6.10. The van der Waals surface area contributed by atoms with Gasteiger partial charge in [-0.2, -0.15) is 0 Å². The first-order valence-electron chi connectivity index (χ1n) is 10.3. The zero-order valence-corrected chi connectivity index (χ0v) is 19.1. The topological polar surface area (TPSA) is 59.8 Å². The van der Waals surface area contributed by atoms with Crippen molar-refractivity contribution in [1.29, 1.82) is 0 Å². The van der Waals surface area contributed by atoms with Crippen LogP contribution in [0.4, 0.5) is 5.69 Å². The number of carbonyl (C=O) groups excluding carboxylic acids is 1. The van der Waals surface area contributed by atoms with Gasteiger partial charge < -0.3 is 9.88 Å². The lowest BCUT2D eigenvalue weighted by atomic mass is 10.0. The highest BCUT2D eigenvalue weighted by Gasteiger charge is 2.14. The predicted molar refractivity (Wildman–Crippen MR) is 128 cm³/mol. The summed E-state index contributed by atoms with van der Waals surface area (Å²) in [5.74, 6) is 1.12. The van der Waals surface area contributed by atoms with E-state index in [1.807, 2.05) is 31.5 Å². The van der Waals surface area contributed by atoms with Crippen molar-refractivity contribution in [1.82, 2.24) is 14.8 Å². The molecule has 1 amide bonds. The van der Waals surface area contributed by atoms with E-state index in [-0.39, 0.29) is 11.7 Å². The van der Waals surface area contributed by atoms with Crippen molar-refractivity contribution < 1.29 is 4.79 Å². The van der Waals surface area contributed by atoms with Crippen molar-refractivity contribution in [2.75, 3.05) is 11.1 Å². The van der Waals surface area contributed by atoms with E-state index < -0.39 is 0 Å². The number of anilines is 1. The molecule has 0 aliphatic carbocycles. The number of aryl methyl sites for hydroxylation is 3. The van der Waals surface area contributed by atoms with E-state index in [1.54, 1.807) is 0 Å². The van der Waals surface area contributed by atoms with E-state index in [9.17, 15) is 4.79 Å². The van der Waals surface area contributed by atoms with Crippen LogP contribution in [-0.4, -0.2) is 26.4 Å². The molecule has 1 N–H and O–H groups in total. The molecule has 0 atom stereocenters. The monoisotopic (exact) mass is 430 g/mol. The normalized spacial score (nSPS) is 11.1. The molecule has 31 heavy (non-hydrogen) atoms. The first-order valence-corrected chi connectivity index (χ1v) is 11.3. The standard InChI is InChI=1S/C25H26N4OS/c1-16-12-17(2)24(18(3)13-16)26-23(30)15-31-25-28-27-22(29(25)4)14-20-10-7-9-19-8-5-6-11-21(19)20/h5-13H,14-15H2,1-4H3,(H,26,30). The minimum atomic E-state index is -0.0429. The molecule has 0 spiro atoms.